The van der Waals surface area contributed by atoms with Gasteiger partial charge in [-0.25, -0.2) is 18.1 Å². The average Bonchev–Trinajstić information content (AvgIpc) is 2.66. The van der Waals surface area contributed by atoms with Crippen LogP contribution in [0.25, 0.3) is 10.9 Å². The van der Waals surface area contributed by atoms with Crippen molar-refractivity contribution in [2.24, 2.45) is 0 Å². The molecule has 1 aromatic heterocycles. The van der Waals surface area contributed by atoms with Gasteiger partial charge in [0.25, 0.3) is 5.56 Å². The van der Waals surface area contributed by atoms with E-state index in [0.29, 0.717) is 28.4 Å². The van der Waals surface area contributed by atoms with Gasteiger partial charge in [-0.3, -0.25) is 9.36 Å². The first-order chi connectivity index (χ1) is 12.5. The van der Waals surface area contributed by atoms with Crippen molar-refractivity contribution in [1.29, 1.82) is 0 Å². The summed E-state index contributed by atoms with van der Waals surface area (Å²) in [5, 5.41) is 1.18. The van der Waals surface area contributed by atoms with Gasteiger partial charge in [-0.05, 0) is 31.2 Å². The lowest BCUT2D eigenvalue weighted by Gasteiger charge is -2.11. The lowest BCUT2D eigenvalue weighted by molar-refractivity contribution is 0.584. The van der Waals surface area contributed by atoms with Crippen molar-refractivity contribution < 1.29 is 8.42 Å². The first kappa shape index (κ1) is 18.6. The number of benzene rings is 2. The third-order valence-corrected chi connectivity index (χ3v) is 6.28. The minimum atomic E-state index is -3.53. The standard InChI is InChI=1S/C18H19N3O3S2/c1-2-21-17(22)15-10-6-7-11-16(15)20-18(21)25-13-12-19-26(23,24)14-8-4-3-5-9-14/h3-11,19H,2,12-13H2,1H3. The fourth-order valence-electron chi connectivity index (χ4n) is 2.54. The molecule has 0 saturated carbocycles. The minimum absolute atomic E-state index is 0.0783. The fourth-order valence-corrected chi connectivity index (χ4v) is 4.64. The average molecular weight is 390 g/mol. The number of nitrogens with one attached hydrogen (secondary N) is 1. The highest BCUT2D eigenvalue weighted by atomic mass is 32.2. The van der Waals surface area contributed by atoms with Gasteiger partial charge in [0, 0.05) is 18.8 Å². The van der Waals surface area contributed by atoms with E-state index in [1.54, 1.807) is 47.0 Å². The molecule has 0 spiro atoms. The Balaban J connectivity index is 1.71. The Bertz CT molecular complexity index is 1060. The van der Waals surface area contributed by atoms with Gasteiger partial charge in [-0.1, -0.05) is 42.1 Å². The second kappa shape index (κ2) is 8.03. The van der Waals surface area contributed by atoms with Gasteiger partial charge < -0.3 is 0 Å². The van der Waals surface area contributed by atoms with Gasteiger partial charge >= 0.3 is 0 Å². The van der Waals surface area contributed by atoms with Crippen molar-refractivity contribution in [2.45, 2.75) is 23.5 Å². The zero-order valence-corrected chi connectivity index (χ0v) is 15.9. The summed E-state index contributed by atoms with van der Waals surface area (Å²) < 4.78 is 28.6. The Labute approximate surface area is 156 Å². The lowest BCUT2D eigenvalue weighted by Crippen LogP contribution is -2.27. The number of sulfonamides is 1. The predicted octanol–water partition coefficient (Wildman–Crippen LogP) is 2.49. The molecule has 26 heavy (non-hydrogen) atoms. The third kappa shape index (κ3) is 3.98. The molecule has 1 heterocycles. The summed E-state index contributed by atoms with van der Waals surface area (Å²) in [6.45, 7) is 2.64. The van der Waals surface area contributed by atoms with E-state index in [1.165, 1.54) is 11.8 Å². The maximum Gasteiger partial charge on any atom is 0.262 e. The smallest absolute Gasteiger partial charge is 0.262 e. The summed E-state index contributed by atoms with van der Waals surface area (Å²) in [4.78, 5) is 17.3. The molecule has 0 bridgehead atoms. The van der Waals surface area contributed by atoms with Crippen LogP contribution in [-0.2, 0) is 16.6 Å². The predicted molar refractivity (Wildman–Crippen MR) is 104 cm³/mol. The largest absolute Gasteiger partial charge is 0.287 e. The number of thioether (sulfide) groups is 1. The maximum atomic E-state index is 12.6. The van der Waals surface area contributed by atoms with Crippen LogP contribution in [0.5, 0.6) is 0 Å². The van der Waals surface area contributed by atoms with E-state index in [-0.39, 0.29) is 17.0 Å². The van der Waals surface area contributed by atoms with Crippen molar-refractivity contribution in [1.82, 2.24) is 14.3 Å². The summed E-state index contributed by atoms with van der Waals surface area (Å²) in [5.41, 5.74) is 0.569. The summed E-state index contributed by atoms with van der Waals surface area (Å²) in [7, 11) is -3.53. The third-order valence-electron chi connectivity index (χ3n) is 3.82. The number of hydrogen-bond donors (Lipinski definition) is 1. The summed E-state index contributed by atoms with van der Waals surface area (Å²) in [5.74, 6) is 0.469. The zero-order chi connectivity index (χ0) is 18.6. The summed E-state index contributed by atoms with van der Waals surface area (Å²) in [6.07, 6.45) is 0. The summed E-state index contributed by atoms with van der Waals surface area (Å²) >= 11 is 1.36. The van der Waals surface area contributed by atoms with E-state index < -0.39 is 10.0 Å². The normalized spacial score (nSPS) is 11.7. The number of rotatable bonds is 7. The molecule has 3 rings (SSSR count). The van der Waals surface area contributed by atoms with Crippen LogP contribution in [0.15, 0.2) is 69.4 Å². The van der Waals surface area contributed by atoms with Crippen LogP contribution in [-0.4, -0.2) is 30.3 Å². The molecule has 1 N–H and O–H groups in total. The second-order valence-electron chi connectivity index (χ2n) is 5.52. The van der Waals surface area contributed by atoms with Crippen molar-refractivity contribution >= 4 is 32.7 Å². The van der Waals surface area contributed by atoms with Crippen LogP contribution in [0.4, 0.5) is 0 Å². The molecule has 136 valence electrons. The highest BCUT2D eigenvalue weighted by Crippen LogP contribution is 2.17. The Hall–Kier alpha value is -2.16. The lowest BCUT2D eigenvalue weighted by atomic mass is 10.2. The topological polar surface area (TPSA) is 81.1 Å². The molecule has 3 aromatic rings. The molecule has 0 amide bonds. The van der Waals surface area contributed by atoms with Crippen LogP contribution in [0, 0.1) is 0 Å². The van der Waals surface area contributed by atoms with E-state index in [2.05, 4.69) is 9.71 Å². The molecular weight excluding hydrogens is 370 g/mol. The van der Waals surface area contributed by atoms with Gasteiger partial charge in [-0.2, -0.15) is 0 Å². The SMILES string of the molecule is CCn1c(SCCNS(=O)(=O)c2ccccc2)nc2ccccc2c1=O. The maximum absolute atomic E-state index is 12.6. The molecule has 8 heteroatoms. The van der Waals surface area contributed by atoms with E-state index in [4.69, 9.17) is 0 Å². The Kier molecular flexibility index (Phi) is 5.75. The first-order valence-corrected chi connectivity index (χ1v) is 10.7. The van der Waals surface area contributed by atoms with Crippen LogP contribution in [0.2, 0.25) is 0 Å². The van der Waals surface area contributed by atoms with Crippen molar-refractivity contribution in [2.75, 3.05) is 12.3 Å². The Morgan fingerprint density at radius 1 is 1.08 bits per heavy atom. The molecule has 0 atom stereocenters. The molecule has 2 aromatic carbocycles. The molecule has 0 aliphatic heterocycles. The minimum Gasteiger partial charge on any atom is -0.287 e. The molecule has 6 nitrogen and oxygen atoms in total. The number of aromatic nitrogens is 2. The van der Waals surface area contributed by atoms with Crippen LogP contribution < -0.4 is 10.3 Å². The first-order valence-electron chi connectivity index (χ1n) is 8.20. The van der Waals surface area contributed by atoms with Gasteiger partial charge in [0.2, 0.25) is 10.0 Å². The summed E-state index contributed by atoms with van der Waals surface area (Å²) in [6, 6.07) is 15.5. The van der Waals surface area contributed by atoms with Crippen LogP contribution >= 0.6 is 11.8 Å². The molecular formula is C18H19N3O3S2. The highest BCUT2D eigenvalue weighted by Gasteiger charge is 2.13. The van der Waals surface area contributed by atoms with Gasteiger partial charge in [0.05, 0.1) is 15.8 Å². The molecule has 0 aliphatic rings. The van der Waals surface area contributed by atoms with Gasteiger partial charge in [0.1, 0.15) is 0 Å². The molecule has 0 saturated heterocycles. The zero-order valence-electron chi connectivity index (χ0n) is 14.3. The van der Waals surface area contributed by atoms with Crippen molar-refractivity contribution in [3.8, 4) is 0 Å². The fraction of sp³-hybridized carbons (Fsp3) is 0.222. The van der Waals surface area contributed by atoms with E-state index in [0.717, 1.165) is 0 Å². The van der Waals surface area contributed by atoms with Crippen LogP contribution in [0.3, 0.4) is 0 Å². The second-order valence-corrected chi connectivity index (χ2v) is 8.35. The van der Waals surface area contributed by atoms with Gasteiger partial charge in [0.15, 0.2) is 5.16 Å². The van der Waals surface area contributed by atoms with Crippen LogP contribution in [0.1, 0.15) is 6.92 Å². The molecule has 0 unspecified atom stereocenters. The number of nitrogens with zero attached hydrogens (tertiary/aromatic N) is 2. The number of hydrogen-bond acceptors (Lipinski definition) is 5. The Morgan fingerprint density at radius 3 is 2.50 bits per heavy atom. The molecule has 0 fully saturated rings. The Morgan fingerprint density at radius 2 is 1.77 bits per heavy atom. The molecule has 0 radical (unpaired) electrons. The van der Waals surface area contributed by atoms with Crippen molar-refractivity contribution in [3.63, 3.8) is 0 Å². The van der Waals surface area contributed by atoms with E-state index in [9.17, 15) is 13.2 Å². The van der Waals surface area contributed by atoms with E-state index >= 15 is 0 Å². The quantitative estimate of drug-likeness (QED) is 0.381. The van der Waals surface area contributed by atoms with Crippen molar-refractivity contribution in [3.05, 3.63) is 65.0 Å². The highest BCUT2D eigenvalue weighted by molar-refractivity contribution is 7.99. The monoisotopic (exact) mass is 389 g/mol. The molecule has 0 aliphatic carbocycles. The van der Waals surface area contributed by atoms with Gasteiger partial charge in [-0.15, -0.1) is 0 Å². The van der Waals surface area contributed by atoms with E-state index in [1.807, 2.05) is 19.1 Å². The number of fused-ring (bicyclic) bond motifs is 1. The number of para-hydroxylation sites is 1.